The molecule has 0 aliphatic carbocycles. The molecule has 1 aromatic rings. The fraction of sp³-hybridized carbons (Fsp3) is 0.968. The Balaban J connectivity index is 1.19. The minimum atomic E-state index is -0.994. The molecule has 13 rings (SSSR count). The first-order valence-electron chi connectivity index (χ1n) is 47.0. The molecule has 12 aliphatic rings. The lowest BCUT2D eigenvalue weighted by Crippen LogP contribution is -2.76. The minimum absolute atomic E-state index is 0.369. The van der Waals surface area contributed by atoms with Crippen LogP contribution in [0.2, 0.25) is 0 Å². The molecule has 12 N–H and O–H groups in total. The molecule has 0 radical (unpaired) electrons. The quantitative estimate of drug-likeness (QED) is 0.109. The van der Waals surface area contributed by atoms with Gasteiger partial charge in [0, 0.05) is 136 Å². The smallest absolute Gasteiger partial charge is 0.232 e. The highest BCUT2D eigenvalue weighted by Crippen LogP contribution is 2.63. The van der Waals surface area contributed by atoms with Crippen LogP contribution < -0.4 is 14.7 Å². The van der Waals surface area contributed by atoms with Gasteiger partial charge in [-0.15, -0.1) is 0 Å². The summed E-state index contributed by atoms with van der Waals surface area (Å²) < 4.78 is 0. The Kier molecular flexibility index (Phi) is 23.1. The zero-order valence-electron chi connectivity index (χ0n) is 83.4. The third-order valence-electron chi connectivity index (χ3n) is 33.9. The van der Waals surface area contributed by atoms with Crippen LogP contribution >= 0.6 is 0 Å². The maximum Gasteiger partial charge on any atom is 0.232 e. The molecule has 12 aliphatic heterocycles. The predicted molar refractivity (Wildman–Crippen MR) is 474 cm³/mol. The highest BCUT2D eigenvalue weighted by Gasteiger charge is 2.71. The Morgan fingerprint density at radius 3 is 0.358 bits per heavy atom. The van der Waals surface area contributed by atoms with Gasteiger partial charge in [-0.2, -0.15) is 75.7 Å². The summed E-state index contributed by atoms with van der Waals surface area (Å²) in [6, 6.07) is -3.03. The van der Waals surface area contributed by atoms with Gasteiger partial charge in [0.1, 0.15) is 0 Å². The monoisotopic (exact) mass is 1740 g/mol. The van der Waals surface area contributed by atoms with Crippen LogP contribution in [0, 0.1) is 0 Å². The first-order chi connectivity index (χ1) is 54.9. The molecule has 30 heteroatoms. The number of hydrogen-bond donors (Lipinski definition) is 12. The maximum atomic E-state index is 13.6. The molecule has 13 heterocycles. The number of hydroxylamine groups is 24. The average Bonchev–Trinajstić information content (AvgIpc) is 0.707. The van der Waals surface area contributed by atoms with E-state index in [9.17, 15) is 62.5 Å². The molecule has 0 amide bonds. The van der Waals surface area contributed by atoms with Crippen molar-refractivity contribution in [1.29, 1.82) is 0 Å². The van der Waals surface area contributed by atoms with E-state index in [1.165, 1.54) is 30.4 Å². The molecular formula is C93H174N18O12. The number of nitrogens with zero attached hydrogens (tertiary/aromatic N) is 18. The molecule has 30 nitrogen and oxygen atoms in total. The van der Waals surface area contributed by atoms with E-state index in [1.807, 2.05) is 0 Å². The third kappa shape index (κ3) is 15.9. The van der Waals surface area contributed by atoms with Crippen molar-refractivity contribution in [1.82, 2.24) is 75.7 Å². The van der Waals surface area contributed by atoms with E-state index >= 15 is 0 Å². The molecule has 1 aromatic heterocycles. The number of anilines is 3. The highest BCUT2D eigenvalue weighted by molar-refractivity contribution is 5.53. The summed E-state index contributed by atoms with van der Waals surface area (Å²) in [5, 5.41) is 175. The fourth-order valence-electron chi connectivity index (χ4n) is 32.8. The van der Waals surface area contributed by atoms with Gasteiger partial charge < -0.3 is 77.2 Å². The van der Waals surface area contributed by atoms with Crippen LogP contribution in [-0.2, 0) is 0 Å². The van der Waals surface area contributed by atoms with Crippen LogP contribution in [0.5, 0.6) is 0 Å². The Morgan fingerprint density at radius 1 is 0.163 bits per heavy atom. The minimum Gasteiger partial charge on any atom is -0.334 e. The van der Waals surface area contributed by atoms with Gasteiger partial charge in [-0.1, -0.05) is 0 Å². The van der Waals surface area contributed by atoms with Gasteiger partial charge >= 0.3 is 0 Å². The van der Waals surface area contributed by atoms with Crippen molar-refractivity contribution in [3.05, 3.63) is 0 Å². The summed E-state index contributed by atoms with van der Waals surface area (Å²) >= 11 is 0. The highest BCUT2D eigenvalue weighted by atomic mass is 16.5. The molecule has 6 spiro atoms. The van der Waals surface area contributed by atoms with Crippen LogP contribution in [0.25, 0.3) is 0 Å². The van der Waals surface area contributed by atoms with E-state index in [0.29, 0.717) is 172 Å². The molecule has 6 atom stereocenters. The summed E-state index contributed by atoms with van der Waals surface area (Å²) in [7, 11) is 0. The SMILES string of the molecule is CC1(C)CC2(CC(N(c3nc(N(C4CC(C)(C)N(O)C5(C4)CC(C)(C)N(O)C(C)(C)C5)C4CC(C)(C)N(O)C5(C4)CC(C)(C)N(O)C(C)(C)C5)nc(N(C4CC(C)(C)N(O)C5(C4)CC(C)(C)N(O)C(C)(C)C5)C4CC(C)(C)N(O)C5(C4)CC(C)(C)N(O)C(C)(C)C5)n3)C3CC(C)(C)N(O)C4(C3)CC(C)(C)N(O)C(C)(C)C4)CC(C)(C)N2O)CC(C)(C)N1O. The molecule has 6 unspecified atom stereocenters. The van der Waals surface area contributed by atoms with Crippen molar-refractivity contribution in [2.75, 3.05) is 14.7 Å². The van der Waals surface area contributed by atoms with Crippen LogP contribution in [-0.4, -0.2) is 307 Å². The lowest BCUT2D eigenvalue weighted by molar-refractivity contribution is -0.327. The summed E-state index contributed by atoms with van der Waals surface area (Å²) in [6.07, 6.45) is 9.06. The Bertz CT molecular complexity index is 3360. The van der Waals surface area contributed by atoms with Gasteiger partial charge in [0.25, 0.3) is 0 Å². The molecular weight excluding hydrogens is 1560 g/mol. The maximum absolute atomic E-state index is 13.6. The Morgan fingerprint density at radius 2 is 0.260 bits per heavy atom. The van der Waals surface area contributed by atoms with E-state index in [0.717, 1.165) is 0 Å². The first kappa shape index (κ1) is 98.0. The zero-order chi connectivity index (χ0) is 92.9. The molecule has 0 saturated carbocycles. The van der Waals surface area contributed by atoms with Gasteiger partial charge in [-0.05, 0) is 403 Å². The molecule has 12 fully saturated rings. The number of aromatic nitrogens is 3. The van der Waals surface area contributed by atoms with E-state index < -0.39 is 169 Å². The lowest BCUT2D eigenvalue weighted by Gasteiger charge is -2.67. The van der Waals surface area contributed by atoms with Gasteiger partial charge in [0.05, 0.1) is 33.2 Å². The normalized spacial score (nSPS) is 36.2. The van der Waals surface area contributed by atoms with Gasteiger partial charge in [0.15, 0.2) is 0 Å². The van der Waals surface area contributed by atoms with Gasteiger partial charge in [0.2, 0.25) is 17.8 Å². The number of rotatable bonds is 9. The topological polar surface area (TPSA) is 330 Å². The first-order valence-corrected chi connectivity index (χ1v) is 47.0. The van der Waals surface area contributed by atoms with Gasteiger partial charge in [-0.3, -0.25) is 0 Å². The number of piperidine rings is 12. The summed E-state index contributed by atoms with van der Waals surface area (Å²) in [5.41, 5.74) is -22.0. The average molecular weight is 1740 g/mol. The second-order valence-corrected chi connectivity index (χ2v) is 54.7. The van der Waals surface area contributed by atoms with E-state index in [4.69, 9.17) is 15.0 Å². The predicted octanol–water partition coefficient (Wildman–Crippen LogP) is 16.8. The number of hydrogen-bond acceptors (Lipinski definition) is 30. The summed E-state index contributed by atoms with van der Waals surface area (Å²) in [6.45, 7) is 74.8. The molecule has 0 aromatic carbocycles. The lowest BCUT2D eigenvalue weighted by atomic mass is 9.62. The van der Waals surface area contributed by atoms with Gasteiger partial charge in [-0.25, -0.2) is 0 Å². The van der Waals surface area contributed by atoms with E-state index in [1.54, 1.807) is 30.4 Å². The molecule has 0 bridgehead atoms. The van der Waals surface area contributed by atoms with Crippen LogP contribution in [0.3, 0.4) is 0 Å². The summed E-state index contributed by atoms with van der Waals surface area (Å²) in [5.74, 6) is 1.11. The second-order valence-electron chi connectivity index (χ2n) is 54.7. The molecule has 123 heavy (non-hydrogen) atoms. The fourth-order valence-corrected chi connectivity index (χ4v) is 32.8. The van der Waals surface area contributed by atoms with Crippen molar-refractivity contribution < 1.29 is 62.5 Å². The van der Waals surface area contributed by atoms with Crippen LogP contribution in [0.1, 0.15) is 403 Å². The van der Waals surface area contributed by atoms with Crippen molar-refractivity contribution in [3.63, 3.8) is 0 Å². The van der Waals surface area contributed by atoms with E-state index in [-0.39, 0.29) is 0 Å². The van der Waals surface area contributed by atoms with Crippen LogP contribution in [0.15, 0.2) is 0 Å². The Hall–Kier alpha value is -2.55. The standard InChI is InChI=1S/C93H174N18O12/c1-70(2)37-61(43-88(106(70)118)49-76(13,14)100(112)77(15,16)50-88)97(62-38-71(3,4)107(119)89(44-62)51-78(17,18)101(113)79(19,20)52-89)67-94-68(98(63-39-72(5,6)108(120)90(45-63)53-80(21,22)102(114)81(23,24)54-90)64-40-73(7,8)109(121)91(46-64)55-82(25,26)103(115)83(27,28)56-91)96-69(95-67)99(65-41-74(9,10)110(122)92(47-65)57-84(29,30)104(116)85(31,32)58-92)66-42-75(11,12)111(123)93(48-66)59-86(33,34)105(117)87(35,36)60-93/h61-66,112-123H,37-60H2,1-36H3. The Labute approximate surface area is 739 Å². The van der Waals surface area contributed by atoms with Crippen molar-refractivity contribution >= 4 is 17.8 Å². The van der Waals surface area contributed by atoms with Crippen molar-refractivity contribution in [2.45, 2.75) is 573 Å². The molecule has 708 valence electrons. The largest absolute Gasteiger partial charge is 0.334 e. The summed E-state index contributed by atoms with van der Waals surface area (Å²) in [4.78, 5) is 26.9. The van der Waals surface area contributed by atoms with Crippen molar-refractivity contribution in [2.24, 2.45) is 0 Å². The van der Waals surface area contributed by atoms with Crippen molar-refractivity contribution in [3.8, 4) is 0 Å². The second kappa shape index (κ2) is 29.0. The zero-order valence-corrected chi connectivity index (χ0v) is 83.4. The van der Waals surface area contributed by atoms with Crippen LogP contribution in [0.4, 0.5) is 17.8 Å². The molecule has 12 saturated heterocycles. The third-order valence-corrected chi connectivity index (χ3v) is 33.9. The van der Waals surface area contributed by atoms with E-state index in [2.05, 4.69) is 264 Å².